The predicted octanol–water partition coefficient (Wildman–Crippen LogP) is 5.18. The van der Waals surface area contributed by atoms with Crippen LogP contribution in [0, 0.1) is 25.7 Å². The first-order valence-electron chi connectivity index (χ1n) is 12.9. The van der Waals surface area contributed by atoms with Crippen molar-refractivity contribution < 1.29 is 14.4 Å². The topological polar surface area (TPSA) is 57.7 Å². The van der Waals surface area contributed by atoms with Crippen molar-refractivity contribution in [3.63, 3.8) is 0 Å². The first-order chi connectivity index (χ1) is 17.8. The van der Waals surface area contributed by atoms with Crippen LogP contribution in [0.25, 0.3) is 0 Å². The number of amides is 1. The van der Waals surface area contributed by atoms with Gasteiger partial charge in [-0.25, -0.2) is 0 Å². The summed E-state index contributed by atoms with van der Waals surface area (Å²) in [4.78, 5) is 44.2. The van der Waals surface area contributed by atoms with Crippen LogP contribution in [0.1, 0.15) is 49.7 Å². The number of carbonyl (C=O) groups is 3. The van der Waals surface area contributed by atoms with E-state index in [1.165, 1.54) is 0 Å². The zero-order valence-corrected chi connectivity index (χ0v) is 22.2. The molecule has 0 aliphatic carbocycles. The van der Waals surface area contributed by atoms with Crippen molar-refractivity contribution in [2.45, 2.75) is 26.2 Å². The monoisotopic (exact) mass is 496 g/mol. The highest BCUT2D eigenvalue weighted by Crippen LogP contribution is 2.42. The van der Waals surface area contributed by atoms with E-state index in [1.54, 1.807) is 19.0 Å². The van der Waals surface area contributed by atoms with E-state index in [1.807, 2.05) is 66.7 Å². The van der Waals surface area contributed by atoms with Gasteiger partial charge in [0.1, 0.15) is 0 Å². The third-order valence-electron chi connectivity index (χ3n) is 7.71. The Labute approximate surface area is 220 Å². The second kappa shape index (κ2) is 11.7. The van der Waals surface area contributed by atoms with E-state index in [-0.39, 0.29) is 23.4 Å². The molecule has 5 heteroatoms. The van der Waals surface area contributed by atoms with Gasteiger partial charge in [0.05, 0.1) is 0 Å². The molecule has 0 N–H and O–H groups in total. The molecule has 0 aromatic heterocycles. The molecule has 4 rings (SSSR count). The van der Waals surface area contributed by atoms with E-state index in [2.05, 4.69) is 30.9 Å². The molecule has 0 radical (unpaired) electrons. The van der Waals surface area contributed by atoms with E-state index >= 15 is 0 Å². The Bertz CT molecular complexity index is 1190. The van der Waals surface area contributed by atoms with E-state index in [0.29, 0.717) is 37.2 Å². The third kappa shape index (κ3) is 5.89. The molecule has 1 aliphatic heterocycles. The average Bonchev–Trinajstić information content (AvgIpc) is 2.93. The predicted molar refractivity (Wildman–Crippen MR) is 147 cm³/mol. The van der Waals surface area contributed by atoms with Crippen LogP contribution in [0.15, 0.2) is 78.9 Å². The van der Waals surface area contributed by atoms with Gasteiger partial charge >= 0.3 is 0 Å². The molecular weight excluding hydrogens is 460 g/mol. The summed E-state index contributed by atoms with van der Waals surface area (Å²) in [6.45, 7) is 5.67. The summed E-state index contributed by atoms with van der Waals surface area (Å²) in [5.74, 6) is -0.968. The number of likely N-dealkylation sites (tertiary alicyclic amines) is 1. The van der Waals surface area contributed by atoms with Crippen LogP contribution in [-0.4, -0.2) is 61.0 Å². The van der Waals surface area contributed by atoms with Gasteiger partial charge in [-0.15, -0.1) is 0 Å². The van der Waals surface area contributed by atoms with Gasteiger partial charge in [0.2, 0.25) is 5.91 Å². The minimum atomic E-state index is -0.413. The summed E-state index contributed by atoms with van der Waals surface area (Å²) < 4.78 is 0. The number of ketones is 2. The molecule has 0 spiro atoms. The van der Waals surface area contributed by atoms with Crippen molar-refractivity contribution >= 4 is 17.5 Å². The van der Waals surface area contributed by atoms with Crippen molar-refractivity contribution in [2.24, 2.45) is 11.8 Å². The van der Waals surface area contributed by atoms with Crippen molar-refractivity contribution in [3.05, 3.63) is 107 Å². The van der Waals surface area contributed by atoms with Crippen LogP contribution in [0.5, 0.6) is 0 Å². The second-order valence-electron chi connectivity index (χ2n) is 10.3. The Balaban J connectivity index is 1.80. The van der Waals surface area contributed by atoms with Crippen molar-refractivity contribution in [2.75, 3.05) is 33.7 Å². The number of hydrogen-bond donors (Lipinski definition) is 0. The highest BCUT2D eigenvalue weighted by Gasteiger charge is 2.45. The minimum Gasteiger partial charge on any atom is -0.349 e. The molecular formula is C32H36N2O3. The van der Waals surface area contributed by atoms with Gasteiger partial charge in [-0.2, -0.15) is 0 Å². The SMILES string of the molecule is Cc1cccc(C2[C@@H](C(=O)c3ccccc3)CN(CCC(=O)N(C)C)C[C@@H]2C(=O)c2ccccc2)c1C. The molecule has 2 atom stereocenters. The fraction of sp³-hybridized carbons (Fsp3) is 0.344. The van der Waals surface area contributed by atoms with Gasteiger partial charge in [-0.3, -0.25) is 14.4 Å². The van der Waals surface area contributed by atoms with Gasteiger partial charge in [0.15, 0.2) is 11.6 Å². The molecule has 3 aromatic carbocycles. The largest absolute Gasteiger partial charge is 0.349 e. The van der Waals surface area contributed by atoms with Gasteiger partial charge in [-0.1, -0.05) is 78.9 Å². The lowest BCUT2D eigenvalue weighted by atomic mass is 9.67. The summed E-state index contributed by atoms with van der Waals surface area (Å²) in [5, 5.41) is 0. The van der Waals surface area contributed by atoms with Crippen LogP contribution in [0.2, 0.25) is 0 Å². The van der Waals surface area contributed by atoms with E-state index in [4.69, 9.17) is 0 Å². The first kappa shape index (κ1) is 26.5. The number of hydrogen-bond acceptors (Lipinski definition) is 4. The quantitative estimate of drug-likeness (QED) is 0.403. The molecule has 1 aliphatic rings. The number of aryl methyl sites for hydroxylation is 1. The van der Waals surface area contributed by atoms with Crippen LogP contribution < -0.4 is 0 Å². The van der Waals surface area contributed by atoms with Crippen LogP contribution in [0.3, 0.4) is 0 Å². The molecule has 1 saturated heterocycles. The zero-order valence-electron chi connectivity index (χ0n) is 22.2. The number of nitrogens with zero attached hydrogens (tertiary/aromatic N) is 2. The Hall–Kier alpha value is -3.57. The summed E-state index contributed by atoms with van der Waals surface area (Å²) in [5.41, 5.74) is 4.64. The van der Waals surface area contributed by atoms with Crippen molar-refractivity contribution in [1.82, 2.24) is 9.80 Å². The van der Waals surface area contributed by atoms with Crippen LogP contribution in [-0.2, 0) is 4.79 Å². The van der Waals surface area contributed by atoms with E-state index < -0.39 is 11.8 Å². The maximum atomic E-state index is 14.1. The number of rotatable bonds is 8. The average molecular weight is 497 g/mol. The van der Waals surface area contributed by atoms with Gasteiger partial charge < -0.3 is 9.80 Å². The zero-order chi connectivity index (χ0) is 26.5. The lowest BCUT2D eigenvalue weighted by molar-refractivity contribution is -0.129. The molecule has 5 nitrogen and oxygen atoms in total. The Morgan fingerprint density at radius 2 is 1.27 bits per heavy atom. The van der Waals surface area contributed by atoms with Gasteiger partial charge in [0, 0.05) is 69.0 Å². The molecule has 1 heterocycles. The normalized spacial score (nSPS) is 18.4. The minimum absolute atomic E-state index is 0.0357. The first-order valence-corrected chi connectivity index (χ1v) is 12.9. The lowest BCUT2D eigenvalue weighted by Gasteiger charge is -2.43. The summed E-state index contributed by atoms with van der Waals surface area (Å²) in [6.07, 6.45) is 0.347. The summed E-state index contributed by atoms with van der Waals surface area (Å²) in [7, 11) is 3.50. The van der Waals surface area contributed by atoms with Crippen molar-refractivity contribution in [3.8, 4) is 0 Å². The Morgan fingerprint density at radius 1 is 0.757 bits per heavy atom. The number of carbonyl (C=O) groups excluding carboxylic acids is 3. The van der Waals surface area contributed by atoms with E-state index in [9.17, 15) is 14.4 Å². The Kier molecular flexibility index (Phi) is 8.34. The molecule has 192 valence electrons. The number of Topliss-reactive ketones (excluding diaryl/α,β-unsaturated/α-hetero) is 2. The Morgan fingerprint density at radius 3 is 1.76 bits per heavy atom. The van der Waals surface area contributed by atoms with Crippen LogP contribution in [0.4, 0.5) is 0 Å². The molecule has 37 heavy (non-hydrogen) atoms. The van der Waals surface area contributed by atoms with Crippen LogP contribution >= 0.6 is 0 Å². The highest BCUT2D eigenvalue weighted by molar-refractivity contribution is 6.02. The number of piperidine rings is 1. The second-order valence-corrected chi connectivity index (χ2v) is 10.3. The molecule has 0 saturated carbocycles. The molecule has 3 aromatic rings. The maximum absolute atomic E-state index is 14.1. The maximum Gasteiger partial charge on any atom is 0.223 e. The number of benzene rings is 3. The van der Waals surface area contributed by atoms with Gasteiger partial charge in [-0.05, 0) is 30.5 Å². The molecule has 1 amide bonds. The fourth-order valence-corrected chi connectivity index (χ4v) is 5.49. The third-order valence-corrected chi connectivity index (χ3v) is 7.71. The van der Waals surface area contributed by atoms with E-state index in [0.717, 1.165) is 16.7 Å². The molecule has 1 fully saturated rings. The molecule has 0 unspecified atom stereocenters. The highest BCUT2D eigenvalue weighted by atomic mass is 16.2. The van der Waals surface area contributed by atoms with Gasteiger partial charge in [0.25, 0.3) is 0 Å². The standard InChI is InChI=1S/C32H36N2O3/c1-22-12-11-17-26(23(22)2)30-27(31(36)24-13-7-5-8-14-24)20-34(19-18-29(35)33(3)4)21-28(30)32(37)25-15-9-6-10-16-25/h5-17,27-28,30H,18-21H2,1-4H3/t27-,28-/m0/s1. The summed E-state index contributed by atoms with van der Waals surface area (Å²) >= 11 is 0. The van der Waals surface area contributed by atoms with Crippen molar-refractivity contribution in [1.29, 1.82) is 0 Å². The summed E-state index contributed by atoms with van der Waals surface area (Å²) in [6, 6.07) is 24.9. The fourth-order valence-electron chi connectivity index (χ4n) is 5.49. The smallest absolute Gasteiger partial charge is 0.223 e. The lowest BCUT2D eigenvalue weighted by Crippen LogP contribution is -2.51. The molecule has 0 bridgehead atoms.